The molecule has 3 rings (SSSR count). The van der Waals surface area contributed by atoms with Crippen LogP contribution in [0.2, 0.25) is 0 Å². The first-order chi connectivity index (χ1) is 12.2. The molecule has 6 heteroatoms. The van der Waals surface area contributed by atoms with E-state index in [1.54, 1.807) is 35.0 Å². The van der Waals surface area contributed by atoms with E-state index in [0.29, 0.717) is 17.7 Å². The Morgan fingerprint density at radius 3 is 2.64 bits per heavy atom. The standard InChI is InChI=1S/C19H21N3O2S/c1-2-25-17-11-8-15(13-20-17)21-19(24)14-6-9-16(10-7-14)22-12-4-3-5-18(22)23/h6-11,13H,2-5,12H2,1H3,(H,21,24). The molecule has 2 amide bonds. The number of nitrogens with one attached hydrogen (secondary N) is 1. The molecule has 1 fully saturated rings. The average Bonchev–Trinajstić information content (AvgIpc) is 2.64. The fraction of sp³-hybridized carbons (Fsp3) is 0.316. The third-order valence-corrected chi connectivity index (χ3v) is 4.88. The maximum atomic E-state index is 12.4. The Morgan fingerprint density at radius 2 is 2.00 bits per heavy atom. The van der Waals surface area contributed by atoms with Gasteiger partial charge in [0, 0.05) is 24.2 Å². The van der Waals surface area contributed by atoms with Gasteiger partial charge in [-0.05, 0) is 55.0 Å². The van der Waals surface area contributed by atoms with Crippen LogP contribution in [0.3, 0.4) is 0 Å². The fourth-order valence-electron chi connectivity index (χ4n) is 2.76. The molecule has 0 saturated carbocycles. The quantitative estimate of drug-likeness (QED) is 0.825. The van der Waals surface area contributed by atoms with Gasteiger partial charge in [-0.3, -0.25) is 9.59 Å². The number of carbonyl (C=O) groups excluding carboxylic acids is 2. The molecule has 0 aliphatic carbocycles. The van der Waals surface area contributed by atoms with Crippen molar-refractivity contribution in [2.24, 2.45) is 0 Å². The summed E-state index contributed by atoms with van der Waals surface area (Å²) in [6.45, 7) is 2.82. The molecular formula is C19H21N3O2S. The van der Waals surface area contributed by atoms with Gasteiger partial charge in [0.05, 0.1) is 16.9 Å². The predicted molar refractivity (Wildman–Crippen MR) is 101 cm³/mol. The number of carbonyl (C=O) groups is 2. The van der Waals surface area contributed by atoms with E-state index in [4.69, 9.17) is 0 Å². The molecule has 1 N–H and O–H groups in total. The lowest BCUT2D eigenvalue weighted by molar-refractivity contribution is -0.119. The van der Waals surface area contributed by atoms with Crippen molar-refractivity contribution < 1.29 is 9.59 Å². The van der Waals surface area contributed by atoms with Crippen LogP contribution in [0, 0.1) is 0 Å². The SMILES string of the molecule is CCSc1ccc(NC(=O)c2ccc(N3CCCCC3=O)cc2)cn1. The molecule has 1 saturated heterocycles. The number of hydrogen-bond acceptors (Lipinski definition) is 4. The van der Waals surface area contributed by atoms with E-state index in [1.807, 2.05) is 24.3 Å². The van der Waals surface area contributed by atoms with E-state index in [-0.39, 0.29) is 11.8 Å². The number of rotatable bonds is 5. The van der Waals surface area contributed by atoms with Gasteiger partial charge >= 0.3 is 0 Å². The molecule has 25 heavy (non-hydrogen) atoms. The third-order valence-electron chi connectivity index (χ3n) is 4.05. The predicted octanol–water partition coefficient (Wildman–Crippen LogP) is 3.96. The topological polar surface area (TPSA) is 62.3 Å². The number of piperidine rings is 1. The molecule has 1 aliphatic rings. The number of benzene rings is 1. The Balaban J connectivity index is 1.65. The Morgan fingerprint density at radius 1 is 1.20 bits per heavy atom. The van der Waals surface area contributed by atoms with E-state index < -0.39 is 0 Å². The zero-order valence-corrected chi connectivity index (χ0v) is 15.0. The van der Waals surface area contributed by atoms with Gasteiger partial charge in [0.25, 0.3) is 5.91 Å². The lowest BCUT2D eigenvalue weighted by atomic mass is 10.1. The maximum Gasteiger partial charge on any atom is 0.255 e. The molecule has 130 valence electrons. The van der Waals surface area contributed by atoms with E-state index >= 15 is 0 Å². The van der Waals surface area contributed by atoms with Gasteiger partial charge in [0.15, 0.2) is 0 Å². The number of hydrogen-bond donors (Lipinski definition) is 1. The van der Waals surface area contributed by atoms with Crippen molar-refractivity contribution in [1.29, 1.82) is 0 Å². The molecule has 0 radical (unpaired) electrons. The Bertz CT molecular complexity index is 744. The normalized spacial score (nSPS) is 14.4. The van der Waals surface area contributed by atoms with Crippen molar-refractivity contribution in [3.63, 3.8) is 0 Å². The number of anilines is 2. The highest BCUT2D eigenvalue weighted by molar-refractivity contribution is 7.99. The molecule has 1 aliphatic heterocycles. The lowest BCUT2D eigenvalue weighted by Gasteiger charge is -2.26. The summed E-state index contributed by atoms with van der Waals surface area (Å²) in [4.78, 5) is 30.4. The van der Waals surface area contributed by atoms with E-state index in [1.165, 1.54) is 0 Å². The van der Waals surface area contributed by atoms with Crippen LogP contribution in [-0.4, -0.2) is 29.1 Å². The second-order valence-corrected chi connectivity index (χ2v) is 7.11. The molecular weight excluding hydrogens is 334 g/mol. The zero-order valence-electron chi connectivity index (χ0n) is 14.2. The van der Waals surface area contributed by atoms with Gasteiger partial charge < -0.3 is 10.2 Å². The van der Waals surface area contributed by atoms with Crippen molar-refractivity contribution in [3.8, 4) is 0 Å². The van der Waals surface area contributed by atoms with Gasteiger partial charge in [-0.25, -0.2) is 4.98 Å². The van der Waals surface area contributed by atoms with Crippen LogP contribution in [0.25, 0.3) is 0 Å². The number of aromatic nitrogens is 1. The molecule has 0 spiro atoms. The van der Waals surface area contributed by atoms with Crippen molar-refractivity contribution in [1.82, 2.24) is 4.98 Å². The second kappa shape index (κ2) is 8.16. The smallest absolute Gasteiger partial charge is 0.255 e. The van der Waals surface area contributed by atoms with Crippen LogP contribution in [0.15, 0.2) is 47.6 Å². The molecule has 0 bridgehead atoms. The number of amides is 2. The second-order valence-electron chi connectivity index (χ2n) is 5.82. The van der Waals surface area contributed by atoms with Gasteiger partial charge in [-0.1, -0.05) is 6.92 Å². The Labute approximate surface area is 151 Å². The van der Waals surface area contributed by atoms with Crippen LogP contribution >= 0.6 is 11.8 Å². The number of thioether (sulfide) groups is 1. The average molecular weight is 355 g/mol. The van der Waals surface area contributed by atoms with Crippen LogP contribution in [0.4, 0.5) is 11.4 Å². The van der Waals surface area contributed by atoms with E-state index in [9.17, 15) is 9.59 Å². The minimum absolute atomic E-state index is 0.152. The van der Waals surface area contributed by atoms with Crippen molar-refractivity contribution in [3.05, 3.63) is 48.2 Å². The van der Waals surface area contributed by atoms with Gasteiger partial charge in [-0.15, -0.1) is 11.8 Å². The Kier molecular flexibility index (Phi) is 5.71. The van der Waals surface area contributed by atoms with Gasteiger partial charge in [0.1, 0.15) is 0 Å². The number of nitrogens with zero attached hydrogens (tertiary/aromatic N) is 2. The van der Waals surface area contributed by atoms with Crippen molar-refractivity contribution in [2.45, 2.75) is 31.2 Å². The fourth-order valence-corrected chi connectivity index (χ4v) is 3.35. The molecule has 2 aromatic rings. The minimum atomic E-state index is -0.186. The summed E-state index contributed by atoms with van der Waals surface area (Å²) in [6.07, 6.45) is 4.24. The van der Waals surface area contributed by atoms with E-state index in [0.717, 1.165) is 35.9 Å². The highest BCUT2D eigenvalue weighted by Crippen LogP contribution is 2.22. The molecule has 1 aromatic carbocycles. The largest absolute Gasteiger partial charge is 0.321 e. The summed E-state index contributed by atoms with van der Waals surface area (Å²) >= 11 is 1.66. The molecule has 0 unspecified atom stereocenters. The van der Waals surface area contributed by atoms with Crippen LogP contribution in [-0.2, 0) is 4.79 Å². The molecule has 1 aromatic heterocycles. The summed E-state index contributed by atoms with van der Waals surface area (Å²) in [5.74, 6) is 0.929. The Hall–Kier alpha value is -2.34. The highest BCUT2D eigenvalue weighted by atomic mass is 32.2. The molecule has 5 nitrogen and oxygen atoms in total. The van der Waals surface area contributed by atoms with Crippen molar-refractivity contribution >= 4 is 35.0 Å². The van der Waals surface area contributed by atoms with Gasteiger partial charge in [0.2, 0.25) is 5.91 Å². The van der Waals surface area contributed by atoms with Gasteiger partial charge in [-0.2, -0.15) is 0 Å². The summed E-state index contributed by atoms with van der Waals surface area (Å²) < 4.78 is 0. The highest BCUT2D eigenvalue weighted by Gasteiger charge is 2.19. The zero-order chi connectivity index (χ0) is 17.6. The summed E-state index contributed by atoms with van der Waals surface area (Å²) in [7, 11) is 0. The first kappa shape index (κ1) is 17.5. The lowest BCUT2D eigenvalue weighted by Crippen LogP contribution is -2.35. The maximum absolute atomic E-state index is 12.4. The third kappa shape index (κ3) is 4.39. The summed E-state index contributed by atoms with van der Waals surface area (Å²) in [6, 6.07) is 10.9. The monoisotopic (exact) mass is 355 g/mol. The summed E-state index contributed by atoms with van der Waals surface area (Å²) in [5.41, 5.74) is 2.07. The molecule has 0 atom stereocenters. The van der Waals surface area contributed by atoms with Crippen LogP contribution in [0.1, 0.15) is 36.5 Å². The summed E-state index contributed by atoms with van der Waals surface area (Å²) in [5, 5.41) is 3.78. The van der Waals surface area contributed by atoms with Crippen LogP contribution < -0.4 is 10.2 Å². The number of pyridine rings is 1. The van der Waals surface area contributed by atoms with E-state index in [2.05, 4.69) is 17.2 Å². The molecule has 2 heterocycles. The minimum Gasteiger partial charge on any atom is -0.321 e. The van der Waals surface area contributed by atoms with Crippen LogP contribution in [0.5, 0.6) is 0 Å². The first-order valence-corrected chi connectivity index (χ1v) is 9.46. The first-order valence-electron chi connectivity index (χ1n) is 8.48. The van der Waals surface area contributed by atoms with Crippen molar-refractivity contribution in [2.75, 3.05) is 22.5 Å².